The number of nitrogen functional groups attached to an aromatic ring is 1. The summed E-state index contributed by atoms with van der Waals surface area (Å²) in [6, 6.07) is 13.8. The van der Waals surface area contributed by atoms with E-state index < -0.39 is 11.6 Å². The van der Waals surface area contributed by atoms with Gasteiger partial charge < -0.3 is 11.2 Å². The Morgan fingerprint density at radius 3 is 2.42 bits per heavy atom. The van der Waals surface area contributed by atoms with Crippen molar-refractivity contribution in [1.82, 2.24) is 15.3 Å². The highest BCUT2D eigenvalue weighted by molar-refractivity contribution is 6.04. The summed E-state index contributed by atoms with van der Waals surface area (Å²) in [6.45, 7) is 7.23. The minimum atomic E-state index is -1.06. The highest BCUT2D eigenvalue weighted by atomic mass is 19.2. The lowest BCUT2D eigenvalue weighted by Crippen LogP contribution is -2.31. The van der Waals surface area contributed by atoms with Crippen LogP contribution in [-0.2, 0) is 6.54 Å². The topological polar surface area (TPSA) is 92.6 Å². The standard InChI is InChI=1S/C23H24F2N6.C2H6/c24-19-4-3-5-20(21(19)25)29-23(30-27)18-12-17(13-28-22(18)26)16-8-6-15(7-9-16)14-31-10-1-2-11-31;1-2/h3-9,12-13H,1-2,10-11,14,27H2,(H2,26,28)(H,29,30);1-2H3. The minimum Gasteiger partial charge on any atom is -0.383 e. The van der Waals surface area contributed by atoms with Gasteiger partial charge in [-0.15, -0.1) is 0 Å². The van der Waals surface area contributed by atoms with Crippen molar-refractivity contribution in [3.8, 4) is 11.1 Å². The van der Waals surface area contributed by atoms with E-state index in [1.54, 1.807) is 12.3 Å². The van der Waals surface area contributed by atoms with Crippen LogP contribution >= 0.6 is 0 Å². The van der Waals surface area contributed by atoms with Gasteiger partial charge in [-0.2, -0.15) is 0 Å². The van der Waals surface area contributed by atoms with Crippen molar-refractivity contribution < 1.29 is 8.78 Å². The number of likely N-dealkylation sites (tertiary alicyclic amines) is 1. The molecule has 2 aromatic carbocycles. The molecule has 33 heavy (non-hydrogen) atoms. The SMILES string of the molecule is CC.NNC(=Nc1cccc(F)c1F)c1cc(-c2ccc(CN3CCCC3)cc2)cnc1N. The van der Waals surface area contributed by atoms with E-state index in [4.69, 9.17) is 11.6 Å². The Morgan fingerprint density at radius 1 is 1.06 bits per heavy atom. The van der Waals surface area contributed by atoms with E-state index in [1.807, 2.05) is 26.0 Å². The lowest BCUT2D eigenvalue weighted by Gasteiger charge is -2.15. The van der Waals surface area contributed by atoms with E-state index in [9.17, 15) is 8.78 Å². The number of pyridine rings is 1. The fraction of sp³-hybridized carbons (Fsp3) is 0.280. The largest absolute Gasteiger partial charge is 0.383 e. The summed E-state index contributed by atoms with van der Waals surface area (Å²) in [5.74, 6) is 3.81. The second-order valence-electron chi connectivity index (χ2n) is 7.51. The molecular weight excluding hydrogens is 422 g/mol. The number of benzene rings is 2. The maximum absolute atomic E-state index is 14.0. The van der Waals surface area contributed by atoms with Gasteiger partial charge >= 0.3 is 0 Å². The number of halogens is 2. The van der Waals surface area contributed by atoms with Gasteiger partial charge in [-0.25, -0.2) is 24.6 Å². The van der Waals surface area contributed by atoms with E-state index >= 15 is 0 Å². The second kappa shape index (κ2) is 11.5. The molecule has 6 nitrogen and oxygen atoms in total. The van der Waals surface area contributed by atoms with Crippen LogP contribution in [0.5, 0.6) is 0 Å². The summed E-state index contributed by atoms with van der Waals surface area (Å²) in [5, 5.41) is 0. The third-order valence-electron chi connectivity index (χ3n) is 5.37. The Balaban J connectivity index is 0.00000149. The molecule has 8 heteroatoms. The summed E-state index contributed by atoms with van der Waals surface area (Å²) >= 11 is 0. The Hall–Kier alpha value is -3.36. The van der Waals surface area contributed by atoms with Gasteiger partial charge in [-0.3, -0.25) is 4.90 Å². The normalized spacial score (nSPS) is 14.0. The van der Waals surface area contributed by atoms with Crippen LogP contribution in [0, 0.1) is 11.6 Å². The Labute approximate surface area is 193 Å². The van der Waals surface area contributed by atoms with Crippen LogP contribution in [0.15, 0.2) is 59.7 Å². The summed E-state index contributed by atoms with van der Waals surface area (Å²) in [6.07, 6.45) is 4.18. The van der Waals surface area contributed by atoms with Crippen LogP contribution in [-0.4, -0.2) is 28.8 Å². The Kier molecular flexibility index (Phi) is 8.46. The first-order chi connectivity index (χ1) is 16.0. The smallest absolute Gasteiger partial charge is 0.184 e. The molecule has 174 valence electrons. The predicted molar refractivity (Wildman–Crippen MR) is 130 cm³/mol. The molecule has 3 aromatic rings. The quantitative estimate of drug-likeness (QED) is 0.224. The van der Waals surface area contributed by atoms with Gasteiger partial charge in [0.15, 0.2) is 17.5 Å². The fourth-order valence-corrected chi connectivity index (χ4v) is 3.69. The zero-order chi connectivity index (χ0) is 23.8. The molecule has 1 aliphatic rings. The van der Waals surface area contributed by atoms with Crippen LogP contribution < -0.4 is 17.0 Å². The van der Waals surface area contributed by atoms with E-state index in [2.05, 4.69) is 32.4 Å². The van der Waals surface area contributed by atoms with Crippen molar-refractivity contribution in [3.05, 3.63) is 77.5 Å². The van der Waals surface area contributed by atoms with Crippen molar-refractivity contribution >= 4 is 17.3 Å². The number of anilines is 1. The zero-order valence-corrected chi connectivity index (χ0v) is 19.0. The lowest BCUT2D eigenvalue weighted by molar-refractivity contribution is 0.331. The van der Waals surface area contributed by atoms with Crippen molar-refractivity contribution in [1.29, 1.82) is 0 Å². The lowest BCUT2D eigenvalue weighted by atomic mass is 10.0. The number of aromatic nitrogens is 1. The summed E-state index contributed by atoms with van der Waals surface area (Å²) in [4.78, 5) is 10.8. The number of hydrazine groups is 1. The van der Waals surface area contributed by atoms with E-state index in [1.165, 1.54) is 30.5 Å². The molecule has 0 amide bonds. The number of amidine groups is 1. The third kappa shape index (κ3) is 5.91. The maximum Gasteiger partial charge on any atom is 0.184 e. The van der Waals surface area contributed by atoms with E-state index in [0.717, 1.165) is 36.8 Å². The number of nitrogens with zero attached hydrogens (tertiary/aromatic N) is 3. The van der Waals surface area contributed by atoms with Crippen LogP contribution in [0.25, 0.3) is 11.1 Å². The first kappa shape index (κ1) is 24.3. The van der Waals surface area contributed by atoms with Crippen LogP contribution in [0.2, 0.25) is 0 Å². The number of rotatable bonds is 5. The van der Waals surface area contributed by atoms with Gasteiger partial charge in [0.05, 0.1) is 5.56 Å². The van der Waals surface area contributed by atoms with Crippen LogP contribution in [0.3, 0.4) is 0 Å². The second-order valence-corrected chi connectivity index (χ2v) is 7.51. The summed E-state index contributed by atoms with van der Waals surface area (Å²) < 4.78 is 27.6. The average molecular weight is 453 g/mol. The number of aliphatic imine (C=N–C) groups is 1. The summed E-state index contributed by atoms with van der Waals surface area (Å²) in [7, 11) is 0. The first-order valence-electron chi connectivity index (χ1n) is 11.1. The van der Waals surface area contributed by atoms with Gasteiger partial charge in [0.2, 0.25) is 0 Å². The van der Waals surface area contributed by atoms with Crippen LogP contribution in [0.4, 0.5) is 20.3 Å². The molecular formula is C25H30F2N6. The molecule has 4 rings (SSSR count). The fourth-order valence-electron chi connectivity index (χ4n) is 3.69. The van der Waals surface area contributed by atoms with Crippen molar-refractivity contribution in [3.63, 3.8) is 0 Å². The van der Waals surface area contributed by atoms with Gasteiger partial charge in [-0.1, -0.05) is 44.2 Å². The molecule has 1 aliphatic heterocycles. The van der Waals surface area contributed by atoms with E-state index in [0.29, 0.717) is 5.56 Å². The molecule has 1 aromatic heterocycles. The molecule has 0 bridgehead atoms. The molecule has 0 aliphatic carbocycles. The Bertz CT molecular complexity index is 1090. The molecule has 0 atom stereocenters. The maximum atomic E-state index is 14.0. The van der Waals surface area contributed by atoms with Gasteiger partial charge in [0.1, 0.15) is 11.5 Å². The minimum absolute atomic E-state index is 0.0852. The van der Waals surface area contributed by atoms with Crippen LogP contribution in [0.1, 0.15) is 37.8 Å². The van der Waals surface area contributed by atoms with Crippen molar-refractivity contribution in [2.24, 2.45) is 10.8 Å². The number of hydrogen-bond donors (Lipinski definition) is 3. The molecule has 1 saturated heterocycles. The molecule has 0 saturated carbocycles. The first-order valence-corrected chi connectivity index (χ1v) is 11.1. The number of nitrogens with two attached hydrogens (primary N) is 2. The van der Waals surface area contributed by atoms with Crippen molar-refractivity contribution in [2.45, 2.75) is 33.2 Å². The van der Waals surface area contributed by atoms with Gasteiger partial charge in [0.25, 0.3) is 0 Å². The van der Waals surface area contributed by atoms with Gasteiger partial charge in [-0.05, 0) is 55.3 Å². The monoisotopic (exact) mass is 452 g/mol. The third-order valence-corrected chi connectivity index (χ3v) is 5.37. The molecule has 5 N–H and O–H groups in total. The molecule has 2 heterocycles. The highest BCUT2D eigenvalue weighted by Crippen LogP contribution is 2.25. The highest BCUT2D eigenvalue weighted by Gasteiger charge is 2.14. The van der Waals surface area contributed by atoms with Gasteiger partial charge in [0, 0.05) is 18.3 Å². The molecule has 0 radical (unpaired) electrons. The zero-order valence-electron chi connectivity index (χ0n) is 19.0. The molecule has 0 spiro atoms. The number of nitrogens with one attached hydrogen (secondary N) is 1. The van der Waals surface area contributed by atoms with Crippen molar-refractivity contribution in [2.75, 3.05) is 18.8 Å². The number of hydrogen-bond acceptors (Lipinski definition) is 5. The predicted octanol–water partition coefficient (Wildman–Crippen LogP) is 4.77. The molecule has 1 fully saturated rings. The summed E-state index contributed by atoms with van der Waals surface area (Å²) in [5.41, 5.74) is 11.6. The van der Waals surface area contributed by atoms with E-state index in [-0.39, 0.29) is 17.3 Å². The Morgan fingerprint density at radius 2 is 1.76 bits per heavy atom. The molecule has 0 unspecified atom stereocenters. The average Bonchev–Trinajstić information content (AvgIpc) is 3.36.